The molecule has 0 saturated heterocycles. The van der Waals surface area contributed by atoms with Crippen LogP contribution in [-0.4, -0.2) is 23.2 Å². The van der Waals surface area contributed by atoms with Gasteiger partial charge in [0.1, 0.15) is 5.75 Å². The number of benzene rings is 1. The molecule has 0 saturated carbocycles. The number of aryl methyl sites for hydroxylation is 2. The van der Waals surface area contributed by atoms with E-state index in [1.807, 2.05) is 50.2 Å². The van der Waals surface area contributed by atoms with Crippen LogP contribution in [-0.2, 0) is 4.79 Å². The molecule has 0 aliphatic heterocycles. The van der Waals surface area contributed by atoms with Gasteiger partial charge in [0.2, 0.25) is 0 Å². The molecule has 1 heterocycles. The highest BCUT2D eigenvalue weighted by Crippen LogP contribution is 2.15. The van der Waals surface area contributed by atoms with Crippen LogP contribution in [0.1, 0.15) is 23.7 Å². The third kappa shape index (κ3) is 4.70. The minimum atomic E-state index is -0.311. The van der Waals surface area contributed by atoms with E-state index in [0.29, 0.717) is 11.5 Å². The second kappa shape index (κ2) is 7.36. The highest BCUT2D eigenvalue weighted by Gasteiger charge is 2.04. The first-order valence-electron chi connectivity index (χ1n) is 7.00. The molecular formula is C17H19N3O2. The van der Waals surface area contributed by atoms with Crippen molar-refractivity contribution in [3.05, 3.63) is 59.4 Å². The highest BCUT2D eigenvalue weighted by atomic mass is 16.5. The lowest BCUT2D eigenvalue weighted by Crippen LogP contribution is -2.25. The van der Waals surface area contributed by atoms with Crippen molar-refractivity contribution in [3.8, 4) is 5.75 Å². The fraction of sp³-hybridized carbons (Fsp3) is 0.235. The smallest absolute Gasteiger partial charge is 0.277 e. The zero-order valence-electron chi connectivity index (χ0n) is 13.0. The van der Waals surface area contributed by atoms with E-state index in [1.54, 1.807) is 13.1 Å². The SMILES string of the molecule is CC(=NNC(=O)COc1cc(C)cc(C)c1)c1ccccn1. The molecule has 2 rings (SSSR count). The van der Waals surface area contributed by atoms with Crippen LogP contribution in [0.2, 0.25) is 0 Å². The molecule has 0 radical (unpaired) electrons. The average Bonchev–Trinajstić information content (AvgIpc) is 2.50. The molecule has 1 amide bonds. The Morgan fingerprint density at radius 3 is 2.59 bits per heavy atom. The number of aromatic nitrogens is 1. The Hall–Kier alpha value is -2.69. The normalized spacial score (nSPS) is 11.1. The second-order valence-electron chi connectivity index (χ2n) is 5.06. The number of pyridine rings is 1. The molecule has 0 aliphatic rings. The van der Waals surface area contributed by atoms with Gasteiger partial charge in [-0.2, -0.15) is 5.10 Å². The van der Waals surface area contributed by atoms with Crippen molar-refractivity contribution in [1.82, 2.24) is 10.4 Å². The number of ether oxygens (including phenoxy) is 1. The number of rotatable bonds is 5. The van der Waals surface area contributed by atoms with Crippen molar-refractivity contribution >= 4 is 11.6 Å². The summed E-state index contributed by atoms with van der Waals surface area (Å²) in [5.74, 6) is 0.368. The van der Waals surface area contributed by atoms with Crippen LogP contribution in [0.4, 0.5) is 0 Å². The molecule has 114 valence electrons. The van der Waals surface area contributed by atoms with Crippen LogP contribution in [0.25, 0.3) is 0 Å². The molecule has 1 N–H and O–H groups in total. The topological polar surface area (TPSA) is 63.6 Å². The highest BCUT2D eigenvalue weighted by molar-refractivity contribution is 5.97. The second-order valence-corrected chi connectivity index (χ2v) is 5.06. The summed E-state index contributed by atoms with van der Waals surface area (Å²) in [5, 5.41) is 4.02. The summed E-state index contributed by atoms with van der Waals surface area (Å²) >= 11 is 0. The number of hydrogen-bond acceptors (Lipinski definition) is 4. The Balaban J connectivity index is 1.88. The molecule has 0 aliphatic carbocycles. The van der Waals surface area contributed by atoms with Crippen LogP contribution in [0.3, 0.4) is 0 Å². The Kier molecular flexibility index (Phi) is 5.25. The van der Waals surface area contributed by atoms with E-state index >= 15 is 0 Å². The first kappa shape index (κ1) is 15.7. The lowest BCUT2D eigenvalue weighted by atomic mass is 10.1. The molecule has 0 bridgehead atoms. The van der Waals surface area contributed by atoms with Gasteiger partial charge in [-0.05, 0) is 56.2 Å². The summed E-state index contributed by atoms with van der Waals surface area (Å²) in [5.41, 5.74) is 6.02. The van der Waals surface area contributed by atoms with Gasteiger partial charge < -0.3 is 4.74 Å². The van der Waals surface area contributed by atoms with Crippen molar-refractivity contribution < 1.29 is 9.53 Å². The van der Waals surface area contributed by atoms with E-state index in [2.05, 4.69) is 15.5 Å². The van der Waals surface area contributed by atoms with Gasteiger partial charge in [0, 0.05) is 6.20 Å². The number of nitrogens with zero attached hydrogens (tertiary/aromatic N) is 2. The van der Waals surface area contributed by atoms with Gasteiger partial charge in [-0.1, -0.05) is 12.1 Å². The summed E-state index contributed by atoms with van der Waals surface area (Å²) in [6, 6.07) is 11.4. The van der Waals surface area contributed by atoms with Crippen LogP contribution in [0, 0.1) is 13.8 Å². The molecule has 5 nitrogen and oxygen atoms in total. The van der Waals surface area contributed by atoms with Crippen molar-refractivity contribution in [2.45, 2.75) is 20.8 Å². The van der Waals surface area contributed by atoms with Gasteiger partial charge >= 0.3 is 0 Å². The van der Waals surface area contributed by atoms with E-state index in [0.717, 1.165) is 16.8 Å². The number of carbonyl (C=O) groups excluding carboxylic acids is 1. The van der Waals surface area contributed by atoms with Crippen molar-refractivity contribution in [3.63, 3.8) is 0 Å². The summed E-state index contributed by atoms with van der Waals surface area (Å²) in [4.78, 5) is 15.9. The fourth-order valence-corrected chi connectivity index (χ4v) is 1.98. The summed E-state index contributed by atoms with van der Waals surface area (Å²) in [6.45, 7) is 5.68. The quantitative estimate of drug-likeness (QED) is 0.681. The van der Waals surface area contributed by atoms with Gasteiger partial charge in [-0.3, -0.25) is 9.78 Å². The maximum absolute atomic E-state index is 11.8. The molecule has 1 aromatic carbocycles. The molecule has 22 heavy (non-hydrogen) atoms. The molecular weight excluding hydrogens is 278 g/mol. The van der Waals surface area contributed by atoms with E-state index in [-0.39, 0.29) is 12.5 Å². The van der Waals surface area contributed by atoms with E-state index in [4.69, 9.17) is 4.74 Å². The summed E-state index contributed by atoms with van der Waals surface area (Å²) in [7, 11) is 0. The predicted octanol–water partition coefficient (Wildman–Crippen LogP) is 2.62. The predicted molar refractivity (Wildman–Crippen MR) is 86.0 cm³/mol. The molecule has 0 spiro atoms. The largest absolute Gasteiger partial charge is 0.484 e. The third-order valence-corrected chi connectivity index (χ3v) is 2.95. The van der Waals surface area contributed by atoms with Crippen molar-refractivity contribution in [1.29, 1.82) is 0 Å². The van der Waals surface area contributed by atoms with E-state index < -0.39 is 0 Å². The Morgan fingerprint density at radius 1 is 1.23 bits per heavy atom. The molecule has 2 aromatic rings. The summed E-state index contributed by atoms with van der Waals surface area (Å²) in [6.07, 6.45) is 1.68. The zero-order valence-corrected chi connectivity index (χ0v) is 13.0. The van der Waals surface area contributed by atoms with Crippen LogP contribution in [0.5, 0.6) is 5.75 Å². The van der Waals surface area contributed by atoms with E-state index in [9.17, 15) is 4.79 Å². The number of nitrogens with one attached hydrogen (secondary N) is 1. The number of carbonyl (C=O) groups is 1. The third-order valence-electron chi connectivity index (χ3n) is 2.95. The first-order valence-corrected chi connectivity index (χ1v) is 7.00. The van der Waals surface area contributed by atoms with Crippen LogP contribution < -0.4 is 10.2 Å². The van der Waals surface area contributed by atoms with Gasteiger partial charge in [0.05, 0.1) is 11.4 Å². The molecule has 0 fully saturated rings. The molecule has 0 atom stereocenters. The summed E-state index contributed by atoms with van der Waals surface area (Å²) < 4.78 is 5.47. The van der Waals surface area contributed by atoms with Crippen molar-refractivity contribution in [2.75, 3.05) is 6.61 Å². The monoisotopic (exact) mass is 297 g/mol. The lowest BCUT2D eigenvalue weighted by molar-refractivity contribution is -0.123. The van der Waals surface area contributed by atoms with Crippen LogP contribution >= 0.6 is 0 Å². The average molecular weight is 297 g/mol. The minimum Gasteiger partial charge on any atom is -0.484 e. The Morgan fingerprint density at radius 2 is 1.95 bits per heavy atom. The number of amides is 1. The van der Waals surface area contributed by atoms with E-state index in [1.165, 1.54) is 0 Å². The number of hydrogen-bond donors (Lipinski definition) is 1. The Bertz CT molecular complexity index is 661. The van der Waals surface area contributed by atoms with Crippen LogP contribution in [0.15, 0.2) is 47.7 Å². The van der Waals surface area contributed by atoms with Crippen molar-refractivity contribution in [2.24, 2.45) is 5.10 Å². The van der Waals surface area contributed by atoms with Gasteiger partial charge in [-0.15, -0.1) is 0 Å². The molecule has 5 heteroatoms. The minimum absolute atomic E-state index is 0.0815. The maximum Gasteiger partial charge on any atom is 0.277 e. The zero-order chi connectivity index (χ0) is 15.9. The van der Waals surface area contributed by atoms with Gasteiger partial charge in [0.25, 0.3) is 5.91 Å². The molecule has 0 unspecified atom stereocenters. The fourth-order valence-electron chi connectivity index (χ4n) is 1.98. The first-order chi connectivity index (χ1) is 10.5. The lowest BCUT2D eigenvalue weighted by Gasteiger charge is -2.07. The standard InChI is InChI=1S/C17H19N3O2/c1-12-8-13(2)10-15(9-12)22-11-17(21)20-19-14(3)16-6-4-5-7-18-16/h4-10H,11H2,1-3H3,(H,20,21). The molecule has 1 aromatic heterocycles. The number of hydrazone groups is 1. The van der Waals surface area contributed by atoms with Gasteiger partial charge in [-0.25, -0.2) is 5.43 Å². The Labute approximate surface area is 130 Å². The van der Waals surface area contributed by atoms with Gasteiger partial charge in [0.15, 0.2) is 6.61 Å². The maximum atomic E-state index is 11.8.